The van der Waals surface area contributed by atoms with Crippen LogP contribution in [0.15, 0.2) is 42.5 Å². The summed E-state index contributed by atoms with van der Waals surface area (Å²) in [5.74, 6) is 0.246. The van der Waals surface area contributed by atoms with E-state index in [9.17, 15) is 9.90 Å². The third-order valence-corrected chi connectivity index (χ3v) is 3.67. The van der Waals surface area contributed by atoms with Crippen LogP contribution in [-0.4, -0.2) is 24.7 Å². The highest BCUT2D eigenvalue weighted by Crippen LogP contribution is 2.21. The third-order valence-electron chi connectivity index (χ3n) is 3.11. The SMILES string of the molecule is COc1cccc(C(O)CNC(=O)c2cc(Cl)ccc2Cl)c1. The van der Waals surface area contributed by atoms with Crippen molar-refractivity contribution in [2.45, 2.75) is 6.10 Å². The van der Waals surface area contributed by atoms with Crippen molar-refractivity contribution in [2.75, 3.05) is 13.7 Å². The molecule has 2 N–H and O–H groups in total. The summed E-state index contributed by atoms with van der Waals surface area (Å²) < 4.78 is 5.10. The molecular weight excluding hydrogens is 325 g/mol. The molecule has 0 aliphatic heterocycles. The fourth-order valence-electron chi connectivity index (χ4n) is 1.92. The molecule has 2 rings (SSSR count). The van der Waals surface area contributed by atoms with E-state index in [0.717, 1.165) is 0 Å². The molecule has 0 aliphatic carbocycles. The molecule has 4 nitrogen and oxygen atoms in total. The van der Waals surface area contributed by atoms with E-state index >= 15 is 0 Å². The summed E-state index contributed by atoms with van der Waals surface area (Å²) in [5.41, 5.74) is 0.920. The Morgan fingerprint density at radius 3 is 2.77 bits per heavy atom. The number of carbonyl (C=O) groups is 1. The summed E-state index contributed by atoms with van der Waals surface area (Å²) in [6.07, 6.45) is -0.850. The quantitative estimate of drug-likeness (QED) is 0.876. The standard InChI is InChI=1S/C16H15Cl2NO3/c1-22-12-4-2-3-10(7-12)15(20)9-19-16(21)13-8-11(17)5-6-14(13)18/h2-8,15,20H,9H2,1H3,(H,19,21). The number of ether oxygens (including phenoxy) is 1. The predicted octanol–water partition coefficient (Wildman–Crippen LogP) is 3.47. The number of rotatable bonds is 5. The van der Waals surface area contributed by atoms with Gasteiger partial charge in [0.25, 0.3) is 5.91 Å². The summed E-state index contributed by atoms with van der Waals surface area (Å²) in [4.78, 5) is 12.1. The van der Waals surface area contributed by atoms with E-state index in [1.165, 1.54) is 6.07 Å². The highest BCUT2D eigenvalue weighted by Gasteiger charge is 2.14. The number of hydrogen-bond donors (Lipinski definition) is 2. The Morgan fingerprint density at radius 2 is 2.05 bits per heavy atom. The molecule has 0 radical (unpaired) electrons. The first kappa shape index (κ1) is 16.6. The summed E-state index contributed by atoms with van der Waals surface area (Å²) in [7, 11) is 1.55. The molecule has 0 saturated heterocycles. The molecule has 0 aromatic heterocycles. The van der Waals surface area contributed by atoms with E-state index in [1.807, 2.05) is 0 Å². The Labute approximate surface area is 138 Å². The molecule has 0 fully saturated rings. The highest BCUT2D eigenvalue weighted by atomic mass is 35.5. The van der Waals surface area contributed by atoms with Gasteiger partial charge in [-0.2, -0.15) is 0 Å². The van der Waals surface area contributed by atoms with Crippen molar-refractivity contribution in [3.05, 3.63) is 63.6 Å². The van der Waals surface area contributed by atoms with Crippen LogP contribution < -0.4 is 10.1 Å². The van der Waals surface area contributed by atoms with Crippen LogP contribution in [0.2, 0.25) is 10.0 Å². The van der Waals surface area contributed by atoms with Gasteiger partial charge in [-0.15, -0.1) is 0 Å². The maximum Gasteiger partial charge on any atom is 0.252 e. The van der Waals surface area contributed by atoms with Gasteiger partial charge in [-0.3, -0.25) is 4.79 Å². The van der Waals surface area contributed by atoms with Crippen LogP contribution >= 0.6 is 23.2 Å². The third kappa shape index (κ3) is 4.13. The van der Waals surface area contributed by atoms with E-state index in [4.69, 9.17) is 27.9 Å². The second-order valence-corrected chi connectivity index (χ2v) is 5.47. The first-order valence-electron chi connectivity index (χ1n) is 6.56. The largest absolute Gasteiger partial charge is 0.497 e. The average molecular weight is 340 g/mol. The van der Waals surface area contributed by atoms with Gasteiger partial charge >= 0.3 is 0 Å². The fraction of sp³-hybridized carbons (Fsp3) is 0.188. The molecule has 1 unspecified atom stereocenters. The first-order chi connectivity index (χ1) is 10.5. The number of nitrogens with one attached hydrogen (secondary N) is 1. The predicted molar refractivity (Wildman–Crippen MR) is 86.7 cm³/mol. The van der Waals surface area contributed by atoms with Crippen molar-refractivity contribution in [1.82, 2.24) is 5.32 Å². The van der Waals surface area contributed by atoms with Gasteiger partial charge in [-0.1, -0.05) is 35.3 Å². The summed E-state index contributed by atoms with van der Waals surface area (Å²) in [6, 6.07) is 11.7. The van der Waals surface area contributed by atoms with Crippen molar-refractivity contribution in [3.63, 3.8) is 0 Å². The number of carbonyl (C=O) groups excluding carboxylic acids is 1. The van der Waals surface area contributed by atoms with Crippen LogP contribution in [0.4, 0.5) is 0 Å². The van der Waals surface area contributed by atoms with Crippen molar-refractivity contribution in [3.8, 4) is 5.75 Å². The lowest BCUT2D eigenvalue weighted by atomic mass is 10.1. The number of methoxy groups -OCH3 is 1. The molecule has 22 heavy (non-hydrogen) atoms. The maximum absolute atomic E-state index is 12.1. The molecule has 0 spiro atoms. The van der Waals surface area contributed by atoms with Crippen molar-refractivity contribution in [2.24, 2.45) is 0 Å². The van der Waals surface area contributed by atoms with Gasteiger partial charge in [-0.25, -0.2) is 0 Å². The lowest BCUT2D eigenvalue weighted by Gasteiger charge is -2.13. The molecule has 0 heterocycles. The van der Waals surface area contributed by atoms with Gasteiger partial charge < -0.3 is 15.2 Å². The molecule has 0 aliphatic rings. The van der Waals surface area contributed by atoms with Gasteiger partial charge in [0.1, 0.15) is 5.75 Å². The minimum absolute atomic E-state index is 0.0504. The van der Waals surface area contributed by atoms with Crippen molar-refractivity contribution in [1.29, 1.82) is 0 Å². The number of amides is 1. The molecule has 6 heteroatoms. The number of halogens is 2. The number of aliphatic hydroxyl groups is 1. The average Bonchev–Trinajstić information content (AvgIpc) is 2.54. The zero-order chi connectivity index (χ0) is 16.1. The molecule has 2 aromatic carbocycles. The Morgan fingerprint density at radius 1 is 1.27 bits per heavy atom. The monoisotopic (exact) mass is 339 g/mol. The molecule has 1 amide bonds. The number of aliphatic hydroxyl groups excluding tert-OH is 1. The van der Waals surface area contributed by atoms with Crippen LogP contribution in [-0.2, 0) is 0 Å². The molecule has 1 atom stereocenters. The Bertz CT molecular complexity index is 676. The van der Waals surface area contributed by atoms with Crippen LogP contribution in [0.25, 0.3) is 0 Å². The molecule has 116 valence electrons. The second-order valence-electron chi connectivity index (χ2n) is 4.63. The summed E-state index contributed by atoms with van der Waals surface area (Å²) in [5, 5.41) is 13.5. The normalized spacial score (nSPS) is 11.8. The number of hydrogen-bond acceptors (Lipinski definition) is 3. The lowest BCUT2D eigenvalue weighted by molar-refractivity contribution is 0.0916. The summed E-state index contributed by atoms with van der Waals surface area (Å²) in [6.45, 7) is 0.0504. The minimum atomic E-state index is -0.850. The molecule has 0 bridgehead atoms. The van der Waals surface area contributed by atoms with E-state index in [1.54, 1.807) is 43.5 Å². The second kappa shape index (κ2) is 7.49. The fourth-order valence-corrected chi connectivity index (χ4v) is 2.30. The Kier molecular flexibility index (Phi) is 5.66. The topological polar surface area (TPSA) is 58.6 Å². The Hall–Kier alpha value is -1.75. The van der Waals surface area contributed by atoms with Crippen LogP contribution in [0.1, 0.15) is 22.0 Å². The van der Waals surface area contributed by atoms with Crippen LogP contribution in [0, 0.1) is 0 Å². The van der Waals surface area contributed by atoms with Crippen LogP contribution in [0.5, 0.6) is 5.75 Å². The Balaban J connectivity index is 2.02. The van der Waals surface area contributed by atoms with E-state index < -0.39 is 12.0 Å². The van der Waals surface area contributed by atoms with Gasteiger partial charge in [-0.05, 0) is 35.9 Å². The van der Waals surface area contributed by atoms with Gasteiger partial charge in [0.15, 0.2) is 0 Å². The first-order valence-corrected chi connectivity index (χ1v) is 7.32. The van der Waals surface area contributed by atoms with Gasteiger partial charge in [0, 0.05) is 11.6 Å². The van der Waals surface area contributed by atoms with Gasteiger partial charge in [0.2, 0.25) is 0 Å². The van der Waals surface area contributed by atoms with Crippen molar-refractivity contribution >= 4 is 29.1 Å². The molecular formula is C16H15Cl2NO3. The lowest BCUT2D eigenvalue weighted by Crippen LogP contribution is -2.28. The summed E-state index contributed by atoms with van der Waals surface area (Å²) >= 11 is 11.8. The van der Waals surface area contributed by atoms with E-state index in [0.29, 0.717) is 21.4 Å². The zero-order valence-corrected chi connectivity index (χ0v) is 13.4. The van der Waals surface area contributed by atoms with E-state index in [2.05, 4.69) is 5.32 Å². The minimum Gasteiger partial charge on any atom is -0.497 e. The van der Waals surface area contributed by atoms with E-state index in [-0.39, 0.29) is 12.1 Å². The van der Waals surface area contributed by atoms with Crippen LogP contribution in [0.3, 0.4) is 0 Å². The van der Waals surface area contributed by atoms with Crippen molar-refractivity contribution < 1.29 is 14.6 Å². The number of benzene rings is 2. The smallest absolute Gasteiger partial charge is 0.252 e. The highest BCUT2D eigenvalue weighted by molar-refractivity contribution is 6.35. The molecule has 2 aromatic rings. The zero-order valence-electron chi connectivity index (χ0n) is 11.8. The maximum atomic E-state index is 12.1. The molecule has 0 saturated carbocycles. The van der Waals surface area contributed by atoms with Gasteiger partial charge in [0.05, 0.1) is 23.8 Å².